The lowest BCUT2D eigenvalue weighted by atomic mass is 10.2. The zero-order valence-electron chi connectivity index (χ0n) is 17.0. The molecule has 0 saturated carbocycles. The maximum Gasteiger partial charge on any atom is 0.246 e. The summed E-state index contributed by atoms with van der Waals surface area (Å²) in [4.78, 5) is 17.0. The van der Waals surface area contributed by atoms with E-state index in [0.29, 0.717) is 5.92 Å². The Labute approximate surface area is 163 Å². The molecule has 0 aliphatic carbocycles. The Kier molecular flexibility index (Phi) is 8.27. The molecule has 5 heteroatoms. The summed E-state index contributed by atoms with van der Waals surface area (Å²) in [5.74, 6) is 0.503. The predicted octanol–water partition coefficient (Wildman–Crippen LogP) is 3.71. The van der Waals surface area contributed by atoms with Crippen LogP contribution in [0.2, 0.25) is 0 Å². The molecule has 1 heterocycles. The molecule has 0 aliphatic heterocycles. The number of carbonyl (C=O) groups excluding carboxylic acids is 1. The molecule has 2 aromatic rings. The van der Waals surface area contributed by atoms with E-state index in [1.54, 1.807) is 12.3 Å². The lowest BCUT2D eigenvalue weighted by Crippen LogP contribution is -2.39. The minimum absolute atomic E-state index is 0.0586. The van der Waals surface area contributed by atoms with Crippen molar-refractivity contribution in [2.45, 2.75) is 27.7 Å². The zero-order chi connectivity index (χ0) is 19.6. The first kappa shape index (κ1) is 20.9. The third-order valence-electron chi connectivity index (χ3n) is 4.52. The molecule has 27 heavy (non-hydrogen) atoms. The van der Waals surface area contributed by atoms with Crippen molar-refractivity contribution in [1.29, 1.82) is 0 Å². The lowest BCUT2D eigenvalue weighted by molar-refractivity contribution is -0.126. The highest BCUT2D eigenvalue weighted by atomic mass is 16.2. The van der Waals surface area contributed by atoms with Crippen LogP contribution in [-0.2, 0) is 4.79 Å². The van der Waals surface area contributed by atoms with Gasteiger partial charge in [0.05, 0.1) is 11.9 Å². The Balaban J connectivity index is 2.01. The molecule has 0 spiro atoms. The number of benzene rings is 1. The Morgan fingerprint density at radius 3 is 2.48 bits per heavy atom. The van der Waals surface area contributed by atoms with Crippen molar-refractivity contribution in [3.63, 3.8) is 0 Å². The molecule has 1 amide bonds. The molecule has 1 aromatic carbocycles. The van der Waals surface area contributed by atoms with Crippen molar-refractivity contribution in [2.24, 2.45) is 5.92 Å². The van der Waals surface area contributed by atoms with Crippen LogP contribution >= 0.6 is 0 Å². The van der Waals surface area contributed by atoms with Crippen LogP contribution in [0.4, 0.5) is 0 Å². The standard InChI is InChI=1S/C22H32N4O/c1-5-24(6-2)14-15-25(17-19(3)4)22(27)13-12-20-16-23-26(18-20)21-10-8-7-9-11-21/h7-13,16,18-19H,5-6,14-15,17H2,1-4H3/b13-12+. The van der Waals surface area contributed by atoms with Crippen LogP contribution in [0.1, 0.15) is 33.3 Å². The summed E-state index contributed by atoms with van der Waals surface area (Å²) < 4.78 is 1.82. The van der Waals surface area contributed by atoms with Gasteiger partial charge in [-0.3, -0.25) is 4.79 Å². The highest BCUT2D eigenvalue weighted by Crippen LogP contribution is 2.09. The number of para-hydroxylation sites is 1. The molecule has 0 saturated heterocycles. The van der Waals surface area contributed by atoms with Gasteiger partial charge in [-0.15, -0.1) is 0 Å². The summed E-state index contributed by atoms with van der Waals surface area (Å²) in [6.07, 6.45) is 7.22. The van der Waals surface area contributed by atoms with Crippen molar-refractivity contribution < 1.29 is 4.79 Å². The van der Waals surface area contributed by atoms with Gasteiger partial charge < -0.3 is 9.80 Å². The molecule has 0 aliphatic rings. The van der Waals surface area contributed by atoms with E-state index in [4.69, 9.17) is 0 Å². The van der Waals surface area contributed by atoms with Crippen LogP contribution in [0.15, 0.2) is 48.8 Å². The van der Waals surface area contributed by atoms with Crippen molar-refractivity contribution in [1.82, 2.24) is 19.6 Å². The van der Waals surface area contributed by atoms with Gasteiger partial charge in [0.2, 0.25) is 5.91 Å². The molecule has 2 rings (SSSR count). The molecule has 146 valence electrons. The largest absolute Gasteiger partial charge is 0.338 e. The monoisotopic (exact) mass is 368 g/mol. The number of amides is 1. The van der Waals surface area contributed by atoms with Gasteiger partial charge in [0.25, 0.3) is 0 Å². The third-order valence-corrected chi connectivity index (χ3v) is 4.52. The van der Waals surface area contributed by atoms with Crippen molar-refractivity contribution in [3.8, 4) is 5.69 Å². The summed E-state index contributed by atoms with van der Waals surface area (Å²) in [6, 6.07) is 9.95. The second-order valence-corrected chi connectivity index (χ2v) is 7.09. The quantitative estimate of drug-likeness (QED) is 0.600. The van der Waals surface area contributed by atoms with Gasteiger partial charge in [-0.2, -0.15) is 5.10 Å². The molecule has 0 atom stereocenters. The smallest absolute Gasteiger partial charge is 0.246 e. The van der Waals surface area contributed by atoms with Crippen LogP contribution in [0.5, 0.6) is 0 Å². The van der Waals surface area contributed by atoms with E-state index >= 15 is 0 Å². The normalized spacial score (nSPS) is 11.6. The zero-order valence-corrected chi connectivity index (χ0v) is 17.0. The average Bonchev–Trinajstić information content (AvgIpc) is 3.15. The molecule has 0 radical (unpaired) electrons. The second kappa shape index (κ2) is 10.7. The summed E-state index contributed by atoms with van der Waals surface area (Å²) in [7, 11) is 0. The number of nitrogens with zero attached hydrogens (tertiary/aromatic N) is 4. The van der Waals surface area contributed by atoms with E-state index in [1.165, 1.54) is 0 Å². The van der Waals surface area contributed by atoms with E-state index < -0.39 is 0 Å². The van der Waals surface area contributed by atoms with Gasteiger partial charge in [-0.1, -0.05) is 45.9 Å². The van der Waals surface area contributed by atoms with Gasteiger partial charge in [0.1, 0.15) is 0 Å². The second-order valence-electron chi connectivity index (χ2n) is 7.09. The molecule has 0 fully saturated rings. The first-order valence-corrected chi connectivity index (χ1v) is 9.82. The van der Waals surface area contributed by atoms with Gasteiger partial charge in [0.15, 0.2) is 0 Å². The van der Waals surface area contributed by atoms with E-state index in [2.05, 4.69) is 37.7 Å². The number of rotatable bonds is 10. The summed E-state index contributed by atoms with van der Waals surface area (Å²) in [5.41, 5.74) is 1.92. The molecule has 1 aromatic heterocycles. The number of aromatic nitrogens is 2. The van der Waals surface area contributed by atoms with Crippen LogP contribution in [-0.4, -0.2) is 58.2 Å². The van der Waals surface area contributed by atoms with E-state index in [0.717, 1.165) is 44.0 Å². The van der Waals surface area contributed by atoms with Gasteiger partial charge in [-0.05, 0) is 37.2 Å². The summed E-state index contributed by atoms with van der Waals surface area (Å²) in [6.45, 7) is 13.1. The van der Waals surface area contributed by atoms with Crippen molar-refractivity contribution in [3.05, 3.63) is 54.4 Å². The third kappa shape index (κ3) is 6.68. The fourth-order valence-corrected chi connectivity index (χ4v) is 2.95. The molecule has 0 N–H and O–H groups in total. The predicted molar refractivity (Wildman–Crippen MR) is 112 cm³/mol. The van der Waals surface area contributed by atoms with Crippen LogP contribution in [0, 0.1) is 5.92 Å². The maximum atomic E-state index is 12.7. The highest BCUT2D eigenvalue weighted by molar-refractivity contribution is 5.91. The van der Waals surface area contributed by atoms with Crippen molar-refractivity contribution in [2.75, 3.05) is 32.7 Å². The minimum atomic E-state index is 0.0586. The molecular weight excluding hydrogens is 336 g/mol. The first-order valence-electron chi connectivity index (χ1n) is 9.82. The Morgan fingerprint density at radius 1 is 1.15 bits per heavy atom. The lowest BCUT2D eigenvalue weighted by Gasteiger charge is -2.27. The van der Waals surface area contributed by atoms with E-state index in [9.17, 15) is 4.79 Å². The minimum Gasteiger partial charge on any atom is -0.338 e. The topological polar surface area (TPSA) is 41.4 Å². The highest BCUT2D eigenvalue weighted by Gasteiger charge is 2.13. The van der Waals surface area contributed by atoms with E-state index in [1.807, 2.05) is 52.2 Å². The van der Waals surface area contributed by atoms with Crippen LogP contribution < -0.4 is 0 Å². The Morgan fingerprint density at radius 2 is 1.85 bits per heavy atom. The van der Waals surface area contributed by atoms with Crippen LogP contribution in [0.3, 0.4) is 0 Å². The summed E-state index contributed by atoms with van der Waals surface area (Å²) >= 11 is 0. The van der Waals surface area contributed by atoms with Gasteiger partial charge in [-0.25, -0.2) is 4.68 Å². The van der Waals surface area contributed by atoms with Crippen LogP contribution in [0.25, 0.3) is 11.8 Å². The number of carbonyl (C=O) groups is 1. The fraction of sp³-hybridized carbons (Fsp3) is 0.455. The number of likely N-dealkylation sites (N-methyl/N-ethyl adjacent to an activating group) is 1. The van der Waals surface area contributed by atoms with Crippen molar-refractivity contribution >= 4 is 12.0 Å². The van der Waals surface area contributed by atoms with Gasteiger partial charge >= 0.3 is 0 Å². The summed E-state index contributed by atoms with van der Waals surface area (Å²) in [5, 5.41) is 4.37. The molecule has 0 unspecified atom stereocenters. The molecule has 0 bridgehead atoms. The number of hydrogen-bond acceptors (Lipinski definition) is 3. The maximum absolute atomic E-state index is 12.7. The van der Waals surface area contributed by atoms with Gasteiger partial charge in [0, 0.05) is 37.5 Å². The Hall–Kier alpha value is -2.40. The van der Waals surface area contributed by atoms with E-state index in [-0.39, 0.29) is 5.91 Å². The average molecular weight is 369 g/mol. The Bertz CT molecular complexity index is 717. The SMILES string of the molecule is CCN(CC)CCN(CC(C)C)C(=O)/C=C/c1cnn(-c2ccccc2)c1. The fourth-order valence-electron chi connectivity index (χ4n) is 2.95. The first-order chi connectivity index (χ1) is 13.0. The molecule has 5 nitrogen and oxygen atoms in total. The number of hydrogen-bond donors (Lipinski definition) is 0. The molecular formula is C22H32N4O.